The van der Waals surface area contributed by atoms with Gasteiger partial charge in [-0.05, 0) is 12.1 Å². The first-order valence-electron chi connectivity index (χ1n) is 8.19. The quantitative estimate of drug-likeness (QED) is 0.624. The van der Waals surface area contributed by atoms with Gasteiger partial charge in [-0.1, -0.05) is 36.4 Å². The molecule has 4 rings (SSSR count). The molecule has 1 fully saturated rings. The molecule has 0 saturated carbocycles. The lowest BCUT2D eigenvalue weighted by molar-refractivity contribution is -0.782. The molecule has 2 aromatic carbocycles. The van der Waals surface area contributed by atoms with Crippen molar-refractivity contribution in [3.05, 3.63) is 58.3 Å². The highest BCUT2D eigenvalue weighted by Gasteiger charge is 2.76. The molecule has 0 aliphatic carbocycles. The molecule has 1 aliphatic heterocycles. The first kappa shape index (κ1) is 15.0. The van der Waals surface area contributed by atoms with Gasteiger partial charge in [-0.25, -0.2) is 4.57 Å². The van der Waals surface area contributed by atoms with Crippen molar-refractivity contribution >= 4 is 21.8 Å². The molecular weight excluding hydrogens is 302 g/mol. The molecule has 24 heavy (non-hydrogen) atoms. The highest BCUT2D eigenvalue weighted by molar-refractivity contribution is 6.07. The fourth-order valence-corrected chi connectivity index (χ4v) is 3.62. The predicted molar refractivity (Wildman–Crippen MR) is 93.9 cm³/mol. The summed E-state index contributed by atoms with van der Waals surface area (Å²) in [6.07, 6.45) is -0.917. The summed E-state index contributed by atoms with van der Waals surface area (Å²) >= 11 is 0. The number of nitrogens with zero attached hydrogens (tertiary/aromatic N) is 3. The zero-order chi connectivity index (χ0) is 17.3. The van der Waals surface area contributed by atoms with Crippen molar-refractivity contribution in [3.63, 3.8) is 0 Å². The van der Waals surface area contributed by atoms with E-state index in [4.69, 9.17) is 0 Å². The van der Waals surface area contributed by atoms with Crippen LogP contribution in [0.3, 0.4) is 0 Å². The van der Waals surface area contributed by atoms with E-state index < -0.39 is 17.4 Å². The molecule has 0 unspecified atom stereocenters. The number of benzene rings is 2. The molecule has 2 heterocycles. The molecular formula is C19H21N3O2+2. The highest BCUT2D eigenvalue weighted by atomic mass is 16.3. The molecule has 0 N–H and O–H groups in total. The number of aromatic nitrogens is 1. The Labute approximate surface area is 140 Å². The minimum absolute atomic E-state index is 0.800. The van der Waals surface area contributed by atoms with Crippen LogP contribution in [0.1, 0.15) is 34.0 Å². The number of hydrogen-bond acceptors (Lipinski definition) is 2. The third-order valence-corrected chi connectivity index (χ3v) is 5.87. The van der Waals surface area contributed by atoms with E-state index in [2.05, 4.69) is 0 Å². The van der Waals surface area contributed by atoms with Crippen molar-refractivity contribution in [1.82, 2.24) is 4.57 Å². The normalized spacial score (nSPS) is 20.3. The molecule has 0 spiro atoms. The van der Waals surface area contributed by atoms with Gasteiger partial charge < -0.3 is 0 Å². The van der Waals surface area contributed by atoms with Gasteiger partial charge in [0.25, 0.3) is 11.1 Å². The second-order valence-electron chi connectivity index (χ2n) is 7.52. The average molecular weight is 323 g/mol. The van der Waals surface area contributed by atoms with Gasteiger partial charge >= 0.3 is 6.29 Å². The third-order valence-electron chi connectivity index (χ3n) is 5.87. The molecule has 3 aromatic rings. The van der Waals surface area contributed by atoms with E-state index in [1.54, 1.807) is 0 Å². The summed E-state index contributed by atoms with van der Waals surface area (Å²) in [6, 6.07) is 15.8. The summed E-state index contributed by atoms with van der Waals surface area (Å²) < 4.78 is 3.76. The predicted octanol–water partition coefficient (Wildman–Crippen LogP) is 4.38. The molecule has 1 saturated heterocycles. The molecule has 0 bridgehead atoms. The standard InChI is InChI=1S/C19H21N3O2/c1-18(2)19(3,4)22(24)17(21(18)23)20-15-11-7-5-9-13(15)14-10-6-8-12-16(14)20/h5-12,17H,1-4H3/q+2. The summed E-state index contributed by atoms with van der Waals surface area (Å²) in [5.41, 5.74) is 0.204. The monoisotopic (exact) mass is 323 g/mol. The van der Waals surface area contributed by atoms with E-state index in [0.29, 0.717) is 0 Å². The van der Waals surface area contributed by atoms with Gasteiger partial charge in [-0.2, -0.15) is 0 Å². The van der Waals surface area contributed by atoms with Crippen LogP contribution in [0.4, 0.5) is 0 Å². The number of nitroso groups, excluding NO2 is 2. The van der Waals surface area contributed by atoms with Gasteiger partial charge in [0.15, 0.2) is 0 Å². The van der Waals surface area contributed by atoms with Crippen LogP contribution in [0, 0.1) is 9.81 Å². The van der Waals surface area contributed by atoms with E-state index in [1.165, 1.54) is 0 Å². The minimum Gasteiger partial charge on any atom is -0.217 e. The van der Waals surface area contributed by atoms with Crippen LogP contribution >= 0.6 is 0 Å². The number of fused-ring (bicyclic) bond motifs is 3. The second-order valence-corrected chi connectivity index (χ2v) is 7.52. The van der Waals surface area contributed by atoms with Gasteiger partial charge in [0.1, 0.15) is 9.52 Å². The lowest BCUT2D eigenvalue weighted by Crippen LogP contribution is -2.48. The number of rotatable bonds is 1. The molecule has 0 amide bonds. The maximum atomic E-state index is 13.1. The lowest BCUT2D eigenvalue weighted by Gasteiger charge is -2.14. The second kappa shape index (κ2) is 4.50. The summed E-state index contributed by atoms with van der Waals surface area (Å²) in [4.78, 5) is 26.2. The number of para-hydroxylation sites is 2. The molecule has 0 atom stereocenters. The smallest absolute Gasteiger partial charge is 0.217 e. The summed E-state index contributed by atoms with van der Waals surface area (Å²) in [5.74, 6) is 0. The van der Waals surface area contributed by atoms with Crippen molar-refractivity contribution in [1.29, 1.82) is 0 Å². The highest BCUT2D eigenvalue weighted by Crippen LogP contribution is 2.44. The number of hydrogen-bond donors (Lipinski definition) is 0. The summed E-state index contributed by atoms with van der Waals surface area (Å²) in [5, 5.41) is 2.11. The summed E-state index contributed by atoms with van der Waals surface area (Å²) in [7, 11) is 0. The van der Waals surface area contributed by atoms with Crippen LogP contribution < -0.4 is 0 Å². The lowest BCUT2D eigenvalue weighted by atomic mass is 9.84. The van der Waals surface area contributed by atoms with Crippen LogP contribution in [-0.4, -0.2) is 25.2 Å². The Kier molecular flexibility index (Phi) is 2.81. The Morgan fingerprint density at radius 2 is 1.12 bits per heavy atom. The third kappa shape index (κ3) is 1.59. The maximum absolute atomic E-state index is 13.1. The van der Waals surface area contributed by atoms with Crippen molar-refractivity contribution in [3.8, 4) is 0 Å². The molecule has 122 valence electrons. The molecule has 1 aromatic heterocycles. The van der Waals surface area contributed by atoms with Crippen LogP contribution in [0.15, 0.2) is 48.5 Å². The van der Waals surface area contributed by atoms with E-state index in [-0.39, 0.29) is 0 Å². The molecule has 0 radical (unpaired) electrons. The Balaban J connectivity index is 2.10. The largest absolute Gasteiger partial charge is 0.522 e. The first-order chi connectivity index (χ1) is 11.3. The van der Waals surface area contributed by atoms with Crippen LogP contribution in [-0.2, 0) is 0 Å². The minimum atomic E-state index is -0.917. The van der Waals surface area contributed by atoms with E-state index in [0.717, 1.165) is 31.3 Å². The Morgan fingerprint density at radius 3 is 1.54 bits per heavy atom. The van der Waals surface area contributed by atoms with Crippen LogP contribution in [0.2, 0.25) is 0 Å². The van der Waals surface area contributed by atoms with E-state index in [9.17, 15) is 9.81 Å². The molecule has 5 heteroatoms. The fourth-order valence-electron chi connectivity index (χ4n) is 3.62. The van der Waals surface area contributed by atoms with Crippen molar-refractivity contribution < 1.29 is 9.52 Å². The van der Waals surface area contributed by atoms with Gasteiger partial charge in [0.05, 0.1) is 11.0 Å². The fraction of sp³-hybridized carbons (Fsp3) is 0.368. The van der Waals surface area contributed by atoms with Crippen molar-refractivity contribution in [2.45, 2.75) is 45.1 Å². The Bertz CT molecular complexity index is 935. The Morgan fingerprint density at radius 1 is 0.750 bits per heavy atom. The zero-order valence-electron chi connectivity index (χ0n) is 14.4. The van der Waals surface area contributed by atoms with Crippen molar-refractivity contribution in [2.24, 2.45) is 0 Å². The van der Waals surface area contributed by atoms with Gasteiger partial charge in [0, 0.05) is 48.3 Å². The van der Waals surface area contributed by atoms with Gasteiger partial charge in [-0.3, -0.25) is 0 Å². The van der Waals surface area contributed by atoms with Gasteiger partial charge in [0.2, 0.25) is 0 Å². The van der Waals surface area contributed by atoms with Crippen LogP contribution in [0.5, 0.6) is 0 Å². The maximum Gasteiger partial charge on any atom is 0.522 e. The molecule has 5 nitrogen and oxygen atoms in total. The summed E-state index contributed by atoms with van der Waals surface area (Å²) in [6.45, 7) is 7.33. The average Bonchev–Trinajstić information content (AvgIpc) is 2.94. The Hall–Kier alpha value is -2.56. The van der Waals surface area contributed by atoms with Crippen LogP contribution in [0.25, 0.3) is 21.8 Å². The van der Waals surface area contributed by atoms with E-state index >= 15 is 0 Å². The zero-order valence-corrected chi connectivity index (χ0v) is 14.4. The van der Waals surface area contributed by atoms with Gasteiger partial charge in [-0.15, -0.1) is 0 Å². The van der Waals surface area contributed by atoms with E-state index in [1.807, 2.05) is 80.8 Å². The molecule has 1 aliphatic rings. The van der Waals surface area contributed by atoms with Crippen molar-refractivity contribution in [2.75, 3.05) is 0 Å². The topological polar surface area (TPSA) is 45.1 Å². The first-order valence-corrected chi connectivity index (χ1v) is 8.19. The SMILES string of the molecule is CC1(C)[N+](=O)C(n2c3ccccc3c3ccccc32)[N+](=O)C1(C)C.